The van der Waals surface area contributed by atoms with Crippen LogP contribution in [0.4, 0.5) is 0 Å². The van der Waals surface area contributed by atoms with Crippen LogP contribution in [0.3, 0.4) is 0 Å². The third-order valence-electron chi connectivity index (χ3n) is 8.95. The summed E-state index contributed by atoms with van der Waals surface area (Å²) in [5, 5.41) is 13.3. The van der Waals surface area contributed by atoms with Crippen molar-refractivity contribution >= 4 is 33.2 Å². The fourth-order valence-corrected chi connectivity index (χ4v) is 7.38. The molecule has 1 aromatic heterocycles. The molecule has 252 valence electrons. The van der Waals surface area contributed by atoms with E-state index in [1.54, 1.807) is 4.31 Å². The van der Waals surface area contributed by atoms with Crippen LogP contribution in [-0.2, 0) is 42.6 Å². The van der Waals surface area contributed by atoms with Gasteiger partial charge >= 0.3 is 0 Å². The van der Waals surface area contributed by atoms with E-state index in [0.29, 0.717) is 30.1 Å². The monoisotopic (exact) mass is 704 g/mol. The summed E-state index contributed by atoms with van der Waals surface area (Å²) in [7, 11) is -3.34. The Balaban J connectivity index is 1.17. The number of aromatic nitrogens is 2. The summed E-state index contributed by atoms with van der Waals surface area (Å²) in [6.07, 6.45) is 4.06. The summed E-state index contributed by atoms with van der Waals surface area (Å²) in [5.74, 6) is 6.53. The van der Waals surface area contributed by atoms with Gasteiger partial charge in [-0.25, -0.2) is 8.42 Å². The van der Waals surface area contributed by atoms with Crippen molar-refractivity contribution in [2.24, 2.45) is 0 Å². The first-order chi connectivity index (χ1) is 23.2. The molecule has 0 spiro atoms. The second-order valence-corrected chi connectivity index (χ2v) is 15.3. The van der Waals surface area contributed by atoms with Gasteiger partial charge in [0.25, 0.3) is 0 Å². The standard InChI is InChI=1S/C37H42Cl2N6O2S/c1-48(46,47)44-22-16-36-34(27-44)37(42-45(36)21-3-20-43-19-2-17-40-18-23-43)32-12-15-35(39)31(24-32)11-8-28-4-6-29(7-5-28)25-41-26-30-9-13-33(38)14-10-30/h4-7,9-10,12-15,24,40-41H,2-3,16-23,25-27H2,1H3. The van der Waals surface area contributed by atoms with Crippen LogP contribution in [0.1, 0.15) is 46.4 Å². The number of hydrogen-bond donors (Lipinski definition) is 2. The van der Waals surface area contributed by atoms with E-state index in [1.807, 2.05) is 54.6 Å². The van der Waals surface area contributed by atoms with Crippen LogP contribution < -0.4 is 10.6 Å². The van der Waals surface area contributed by atoms with Crippen LogP contribution in [-0.4, -0.2) is 72.9 Å². The van der Waals surface area contributed by atoms with E-state index >= 15 is 0 Å². The Bertz CT molecular complexity index is 1870. The molecule has 4 aromatic rings. The smallest absolute Gasteiger partial charge is 0.211 e. The lowest BCUT2D eigenvalue weighted by atomic mass is 10.0. The molecule has 0 saturated carbocycles. The van der Waals surface area contributed by atoms with Gasteiger partial charge in [-0.3, -0.25) is 4.68 Å². The molecule has 48 heavy (non-hydrogen) atoms. The number of nitrogens with one attached hydrogen (secondary N) is 2. The zero-order valence-corrected chi connectivity index (χ0v) is 29.6. The van der Waals surface area contributed by atoms with Crippen molar-refractivity contribution in [1.29, 1.82) is 0 Å². The number of nitrogens with zero attached hydrogens (tertiary/aromatic N) is 4. The van der Waals surface area contributed by atoms with Gasteiger partial charge in [0.05, 0.1) is 17.0 Å². The predicted molar refractivity (Wildman–Crippen MR) is 195 cm³/mol. The fourth-order valence-electron chi connectivity index (χ4n) is 6.30. The SMILES string of the molecule is CS(=O)(=O)N1CCc2c(c(-c3ccc(Cl)c(C#Cc4ccc(CNCc5ccc(Cl)cc5)cc4)c3)nn2CCCN2CCCNCC2)C1. The van der Waals surface area contributed by atoms with E-state index in [2.05, 4.69) is 44.2 Å². The third-order valence-corrected chi connectivity index (χ3v) is 10.8. The van der Waals surface area contributed by atoms with E-state index in [4.69, 9.17) is 28.3 Å². The second-order valence-electron chi connectivity index (χ2n) is 12.5. The molecule has 0 radical (unpaired) electrons. The second kappa shape index (κ2) is 16.0. The molecule has 2 aliphatic rings. The van der Waals surface area contributed by atoms with Gasteiger partial charge in [-0.2, -0.15) is 9.40 Å². The highest BCUT2D eigenvalue weighted by molar-refractivity contribution is 7.88. The molecule has 2 N–H and O–H groups in total. The molecule has 11 heteroatoms. The molecular weight excluding hydrogens is 663 g/mol. The largest absolute Gasteiger partial charge is 0.315 e. The van der Waals surface area contributed by atoms with Gasteiger partial charge in [-0.1, -0.05) is 65.4 Å². The minimum Gasteiger partial charge on any atom is -0.315 e. The first-order valence-corrected chi connectivity index (χ1v) is 19.2. The van der Waals surface area contributed by atoms with Crippen LogP contribution in [0.15, 0.2) is 66.7 Å². The summed E-state index contributed by atoms with van der Waals surface area (Å²) < 4.78 is 28.7. The molecule has 0 atom stereocenters. The lowest BCUT2D eigenvalue weighted by molar-refractivity contribution is 0.279. The van der Waals surface area contributed by atoms with Crippen LogP contribution in [0.25, 0.3) is 11.3 Å². The first kappa shape index (κ1) is 34.7. The average molecular weight is 706 g/mol. The maximum atomic E-state index is 12.5. The predicted octanol–water partition coefficient (Wildman–Crippen LogP) is 5.55. The minimum atomic E-state index is -3.34. The summed E-state index contributed by atoms with van der Waals surface area (Å²) in [4.78, 5) is 2.51. The van der Waals surface area contributed by atoms with Crippen LogP contribution in [0.2, 0.25) is 10.0 Å². The number of rotatable bonds is 10. The molecule has 3 heterocycles. The van der Waals surface area contributed by atoms with Crippen molar-refractivity contribution in [2.45, 2.75) is 45.4 Å². The quantitative estimate of drug-likeness (QED) is 0.211. The Hall–Kier alpha value is -3.20. The Kier molecular flexibility index (Phi) is 11.6. The Morgan fingerprint density at radius 3 is 2.40 bits per heavy atom. The average Bonchev–Trinajstić information content (AvgIpc) is 3.23. The zero-order chi connectivity index (χ0) is 33.5. The summed E-state index contributed by atoms with van der Waals surface area (Å²) >= 11 is 12.6. The molecule has 3 aromatic carbocycles. The highest BCUT2D eigenvalue weighted by atomic mass is 35.5. The van der Waals surface area contributed by atoms with E-state index in [1.165, 1.54) is 23.8 Å². The maximum Gasteiger partial charge on any atom is 0.211 e. The topological polar surface area (TPSA) is 82.5 Å². The van der Waals surface area contributed by atoms with Gasteiger partial charge in [0.1, 0.15) is 0 Å². The number of aryl methyl sites for hydroxylation is 1. The first-order valence-electron chi connectivity index (χ1n) is 16.6. The number of hydrogen-bond acceptors (Lipinski definition) is 6. The van der Waals surface area contributed by atoms with Gasteiger partial charge in [0, 0.05) is 85.2 Å². The molecule has 1 saturated heterocycles. The molecule has 0 aliphatic carbocycles. The lowest BCUT2D eigenvalue weighted by Gasteiger charge is -2.26. The van der Waals surface area contributed by atoms with Gasteiger partial charge in [-0.05, 0) is 80.0 Å². The normalized spacial score (nSPS) is 15.8. The van der Waals surface area contributed by atoms with E-state index in [9.17, 15) is 8.42 Å². The third kappa shape index (κ3) is 9.07. The minimum absolute atomic E-state index is 0.311. The van der Waals surface area contributed by atoms with Gasteiger partial charge in [0.15, 0.2) is 0 Å². The molecule has 8 nitrogen and oxygen atoms in total. The van der Waals surface area contributed by atoms with Gasteiger partial charge < -0.3 is 15.5 Å². The molecule has 0 unspecified atom stereocenters. The fraction of sp³-hybridized carbons (Fsp3) is 0.378. The highest BCUT2D eigenvalue weighted by Crippen LogP contribution is 2.33. The van der Waals surface area contributed by atoms with Gasteiger partial charge in [0.2, 0.25) is 10.0 Å². The number of fused-ring (bicyclic) bond motifs is 1. The highest BCUT2D eigenvalue weighted by Gasteiger charge is 2.30. The summed E-state index contributed by atoms with van der Waals surface area (Å²) in [5.41, 5.74) is 7.71. The lowest BCUT2D eigenvalue weighted by Crippen LogP contribution is -2.35. The van der Waals surface area contributed by atoms with E-state index < -0.39 is 10.0 Å². The van der Waals surface area contributed by atoms with Crippen molar-refractivity contribution < 1.29 is 8.42 Å². The summed E-state index contributed by atoms with van der Waals surface area (Å²) in [6.45, 7) is 8.36. The van der Waals surface area contributed by atoms with E-state index in [-0.39, 0.29) is 0 Å². The Morgan fingerprint density at radius 1 is 0.896 bits per heavy atom. The number of sulfonamides is 1. The molecule has 2 aliphatic heterocycles. The van der Waals surface area contributed by atoms with Gasteiger partial charge in [-0.15, -0.1) is 0 Å². The van der Waals surface area contributed by atoms with Crippen molar-refractivity contribution in [2.75, 3.05) is 45.5 Å². The van der Waals surface area contributed by atoms with Crippen LogP contribution in [0.5, 0.6) is 0 Å². The van der Waals surface area contributed by atoms with Crippen molar-refractivity contribution in [3.05, 3.63) is 110 Å². The summed E-state index contributed by atoms with van der Waals surface area (Å²) in [6, 6.07) is 21.8. The van der Waals surface area contributed by atoms with E-state index in [0.717, 1.165) is 91.9 Å². The Labute approximate surface area is 294 Å². The van der Waals surface area contributed by atoms with Crippen molar-refractivity contribution in [3.63, 3.8) is 0 Å². The number of benzene rings is 3. The van der Waals surface area contributed by atoms with Crippen LogP contribution in [0, 0.1) is 11.8 Å². The molecule has 6 rings (SSSR count). The zero-order valence-electron chi connectivity index (χ0n) is 27.3. The molecular formula is C37H42Cl2N6O2S. The molecule has 1 fully saturated rings. The van der Waals surface area contributed by atoms with Crippen molar-refractivity contribution in [1.82, 2.24) is 29.6 Å². The Morgan fingerprint density at radius 2 is 1.65 bits per heavy atom. The molecule has 0 amide bonds. The molecule has 0 bridgehead atoms. The van der Waals surface area contributed by atoms with Crippen LogP contribution >= 0.6 is 23.2 Å². The maximum absolute atomic E-state index is 12.5. The number of halogens is 2. The van der Waals surface area contributed by atoms with Crippen molar-refractivity contribution in [3.8, 4) is 23.1 Å².